The van der Waals surface area contributed by atoms with Gasteiger partial charge in [0.15, 0.2) is 0 Å². The molecule has 4 nitrogen and oxygen atoms in total. The van der Waals surface area contributed by atoms with Crippen LogP contribution in [0.5, 0.6) is 0 Å². The van der Waals surface area contributed by atoms with Crippen molar-refractivity contribution < 1.29 is 4.42 Å². The molecule has 2 aliphatic rings. The molecule has 1 aliphatic carbocycles. The van der Waals surface area contributed by atoms with E-state index in [0.29, 0.717) is 16.6 Å². The predicted molar refractivity (Wildman–Crippen MR) is 107 cm³/mol. The summed E-state index contributed by atoms with van der Waals surface area (Å²) in [4.78, 5) is 14.4. The van der Waals surface area contributed by atoms with Crippen molar-refractivity contribution in [1.82, 2.24) is 4.90 Å². The van der Waals surface area contributed by atoms with Crippen LogP contribution in [-0.4, -0.2) is 30.6 Å². The van der Waals surface area contributed by atoms with Gasteiger partial charge < -0.3 is 9.73 Å². The number of allylic oxidation sites excluding steroid dienone is 1. The van der Waals surface area contributed by atoms with Crippen LogP contribution < -0.4 is 10.9 Å². The molecule has 1 aliphatic heterocycles. The number of halogens is 1. The highest BCUT2D eigenvalue weighted by Crippen LogP contribution is 2.27. The summed E-state index contributed by atoms with van der Waals surface area (Å²) < 4.78 is 5.28. The molecule has 26 heavy (non-hydrogen) atoms. The molecule has 0 spiro atoms. The van der Waals surface area contributed by atoms with Gasteiger partial charge in [-0.3, -0.25) is 4.90 Å². The van der Waals surface area contributed by atoms with Gasteiger partial charge in [0.05, 0.1) is 5.69 Å². The van der Waals surface area contributed by atoms with Crippen LogP contribution in [-0.2, 0) is 0 Å². The van der Waals surface area contributed by atoms with E-state index in [1.807, 2.05) is 6.07 Å². The minimum absolute atomic E-state index is 0.330. The number of benzene rings is 1. The van der Waals surface area contributed by atoms with Gasteiger partial charge in [-0.2, -0.15) is 0 Å². The molecule has 1 N–H and O–H groups in total. The van der Waals surface area contributed by atoms with Gasteiger partial charge in [0.2, 0.25) is 0 Å². The summed E-state index contributed by atoms with van der Waals surface area (Å²) in [6, 6.07) is 7.26. The molecule has 2 heterocycles. The van der Waals surface area contributed by atoms with E-state index in [1.165, 1.54) is 31.7 Å². The molecule has 2 aromatic rings. The lowest BCUT2D eigenvalue weighted by molar-refractivity contribution is 0.233. The number of fused-ring (bicyclic) bond motifs is 1. The lowest BCUT2D eigenvalue weighted by atomic mass is 9.97. The average molecular weight is 373 g/mol. The Bertz CT molecular complexity index is 866. The molecule has 1 saturated heterocycles. The number of likely N-dealkylation sites (tertiary alicyclic amines) is 1. The molecule has 0 radical (unpaired) electrons. The predicted octanol–water partition coefficient (Wildman–Crippen LogP) is 4.82. The van der Waals surface area contributed by atoms with E-state index in [4.69, 9.17) is 16.0 Å². The van der Waals surface area contributed by atoms with E-state index in [9.17, 15) is 4.79 Å². The Morgan fingerprint density at radius 3 is 2.81 bits per heavy atom. The molecular weight excluding hydrogens is 348 g/mol. The Labute approximate surface area is 158 Å². The minimum Gasteiger partial charge on any atom is -0.423 e. The molecular formula is C21H25ClN2O2. The van der Waals surface area contributed by atoms with Gasteiger partial charge in [-0.25, -0.2) is 4.79 Å². The van der Waals surface area contributed by atoms with Gasteiger partial charge in [0.25, 0.3) is 0 Å². The molecule has 0 amide bonds. The first-order chi connectivity index (χ1) is 12.7. The normalized spacial score (nSPS) is 19.5. The fraction of sp³-hybridized carbons (Fsp3) is 0.476. The molecule has 138 valence electrons. The molecule has 5 heteroatoms. The Morgan fingerprint density at radius 2 is 2.04 bits per heavy atom. The maximum Gasteiger partial charge on any atom is 0.338 e. The highest BCUT2D eigenvalue weighted by Gasteiger charge is 2.21. The Morgan fingerprint density at radius 1 is 1.19 bits per heavy atom. The lowest BCUT2D eigenvalue weighted by Gasteiger charge is -2.34. The SMILES string of the molecule is O=c1cc(NC2CCN(CC3=CCCCC3)CC2)c2cc(Cl)ccc2o1. The van der Waals surface area contributed by atoms with Gasteiger partial charge in [-0.1, -0.05) is 23.3 Å². The van der Waals surface area contributed by atoms with Crippen molar-refractivity contribution in [2.24, 2.45) is 0 Å². The third kappa shape index (κ3) is 4.13. The standard InChI is InChI=1S/C21H25ClN2O2/c22-16-6-7-20-18(12-16)19(13-21(25)26-20)23-17-8-10-24(11-9-17)14-15-4-2-1-3-5-15/h4,6-7,12-13,17,23H,1-3,5,8-11,14H2. The fourth-order valence-electron chi connectivity index (χ4n) is 4.05. The summed E-state index contributed by atoms with van der Waals surface area (Å²) in [6.45, 7) is 3.31. The molecule has 1 fully saturated rings. The Hall–Kier alpha value is -1.78. The molecule has 0 unspecified atom stereocenters. The van der Waals surface area contributed by atoms with E-state index in [1.54, 1.807) is 17.7 Å². The summed E-state index contributed by atoms with van der Waals surface area (Å²) in [5, 5.41) is 5.07. The first-order valence-corrected chi connectivity index (χ1v) is 9.95. The Kier molecular flexibility index (Phi) is 5.32. The summed E-state index contributed by atoms with van der Waals surface area (Å²) in [5.74, 6) is 0. The minimum atomic E-state index is -0.330. The summed E-state index contributed by atoms with van der Waals surface area (Å²) in [5.41, 5.74) is 2.69. The third-order valence-electron chi connectivity index (χ3n) is 5.46. The van der Waals surface area contributed by atoms with Gasteiger partial charge in [0, 0.05) is 42.2 Å². The number of rotatable bonds is 4. The average Bonchev–Trinajstić information content (AvgIpc) is 2.65. The number of hydrogen-bond acceptors (Lipinski definition) is 4. The molecule has 0 saturated carbocycles. The second kappa shape index (κ2) is 7.85. The van der Waals surface area contributed by atoms with Crippen LogP contribution in [0.3, 0.4) is 0 Å². The molecule has 4 rings (SSSR count). The molecule has 0 bridgehead atoms. The summed E-state index contributed by atoms with van der Waals surface area (Å²) >= 11 is 6.13. The zero-order valence-corrected chi connectivity index (χ0v) is 15.7. The van der Waals surface area contributed by atoms with E-state index in [-0.39, 0.29) is 5.63 Å². The van der Waals surface area contributed by atoms with E-state index < -0.39 is 0 Å². The first-order valence-electron chi connectivity index (χ1n) is 9.57. The van der Waals surface area contributed by atoms with Crippen LogP contribution >= 0.6 is 11.6 Å². The van der Waals surface area contributed by atoms with Crippen molar-refractivity contribution in [3.8, 4) is 0 Å². The maximum absolute atomic E-state index is 11.9. The van der Waals surface area contributed by atoms with Crippen molar-refractivity contribution in [1.29, 1.82) is 0 Å². The van der Waals surface area contributed by atoms with Crippen molar-refractivity contribution in [2.75, 3.05) is 25.0 Å². The fourth-order valence-corrected chi connectivity index (χ4v) is 4.22. The topological polar surface area (TPSA) is 45.5 Å². The highest BCUT2D eigenvalue weighted by atomic mass is 35.5. The van der Waals surface area contributed by atoms with Crippen molar-refractivity contribution in [3.63, 3.8) is 0 Å². The van der Waals surface area contributed by atoms with Crippen molar-refractivity contribution >= 4 is 28.3 Å². The van der Waals surface area contributed by atoms with Crippen LogP contribution in [0.4, 0.5) is 5.69 Å². The van der Waals surface area contributed by atoms with Gasteiger partial charge in [0.1, 0.15) is 5.58 Å². The van der Waals surface area contributed by atoms with Crippen LogP contribution in [0.1, 0.15) is 38.5 Å². The number of nitrogens with one attached hydrogen (secondary N) is 1. The van der Waals surface area contributed by atoms with E-state index >= 15 is 0 Å². The largest absolute Gasteiger partial charge is 0.423 e. The molecule has 1 aromatic heterocycles. The second-order valence-electron chi connectivity index (χ2n) is 7.42. The van der Waals surface area contributed by atoms with Gasteiger partial charge in [-0.15, -0.1) is 0 Å². The second-order valence-corrected chi connectivity index (χ2v) is 7.86. The van der Waals surface area contributed by atoms with Gasteiger partial charge >= 0.3 is 5.63 Å². The highest BCUT2D eigenvalue weighted by molar-refractivity contribution is 6.31. The summed E-state index contributed by atoms with van der Waals surface area (Å²) in [6.07, 6.45) is 9.80. The van der Waals surface area contributed by atoms with Crippen LogP contribution in [0.15, 0.2) is 45.1 Å². The van der Waals surface area contributed by atoms with E-state index in [2.05, 4.69) is 16.3 Å². The molecule has 0 atom stereocenters. The number of hydrogen-bond donors (Lipinski definition) is 1. The first kappa shape index (κ1) is 17.6. The third-order valence-corrected chi connectivity index (χ3v) is 5.70. The smallest absolute Gasteiger partial charge is 0.338 e. The molecule has 1 aromatic carbocycles. The number of anilines is 1. The van der Waals surface area contributed by atoms with Crippen LogP contribution in [0.2, 0.25) is 5.02 Å². The van der Waals surface area contributed by atoms with Crippen LogP contribution in [0.25, 0.3) is 11.0 Å². The lowest BCUT2D eigenvalue weighted by Crippen LogP contribution is -2.40. The van der Waals surface area contributed by atoms with Crippen molar-refractivity contribution in [2.45, 2.75) is 44.6 Å². The van der Waals surface area contributed by atoms with Crippen LogP contribution in [0, 0.1) is 0 Å². The zero-order chi connectivity index (χ0) is 17.9. The number of nitrogens with zero attached hydrogens (tertiary/aromatic N) is 1. The maximum atomic E-state index is 11.9. The summed E-state index contributed by atoms with van der Waals surface area (Å²) in [7, 11) is 0. The van der Waals surface area contributed by atoms with Crippen molar-refractivity contribution in [3.05, 3.63) is 51.4 Å². The van der Waals surface area contributed by atoms with Gasteiger partial charge in [-0.05, 0) is 56.7 Å². The monoisotopic (exact) mass is 372 g/mol. The Balaban J connectivity index is 1.41. The number of piperidine rings is 1. The van der Waals surface area contributed by atoms with E-state index in [0.717, 1.165) is 43.5 Å². The quantitative estimate of drug-likeness (QED) is 0.617. The zero-order valence-electron chi connectivity index (χ0n) is 15.0.